The molecule has 3 aromatic rings. The Morgan fingerprint density at radius 3 is 2.83 bits per heavy atom. The van der Waals surface area contributed by atoms with E-state index >= 15 is 0 Å². The number of benzene rings is 1. The van der Waals surface area contributed by atoms with Crippen LogP contribution in [-0.4, -0.2) is 26.8 Å². The van der Waals surface area contributed by atoms with Crippen molar-refractivity contribution >= 4 is 35.0 Å². The van der Waals surface area contributed by atoms with E-state index in [1.54, 1.807) is 42.7 Å². The maximum atomic E-state index is 11.8. The van der Waals surface area contributed by atoms with Crippen LogP contribution in [0.1, 0.15) is 0 Å². The van der Waals surface area contributed by atoms with E-state index in [0.29, 0.717) is 21.8 Å². The number of hydrogen-bond acceptors (Lipinski definition) is 6. The van der Waals surface area contributed by atoms with Gasteiger partial charge in [0.05, 0.1) is 5.75 Å². The zero-order valence-electron chi connectivity index (χ0n) is 11.8. The number of rotatable bonds is 5. The van der Waals surface area contributed by atoms with Crippen molar-refractivity contribution in [1.29, 1.82) is 0 Å². The van der Waals surface area contributed by atoms with Gasteiger partial charge in [-0.05, 0) is 30.3 Å². The minimum atomic E-state index is -0.163. The first-order valence-electron chi connectivity index (χ1n) is 6.63. The number of carbonyl (C=O) groups is 1. The van der Waals surface area contributed by atoms with Gasteiger partial charge >= 0.3 is 0 Å². The van der Waals surface area contributed by atoms with Gasteiger partial charge in [0.15, 0.2) is 0 Å². The summed E-state index contributed by atoms with van der Waals surface area (Å²) in [4.78, 5) is 15.7. The predicted molar refractivity (Wildman–Crippen MR) is 88.3 cm³/mol. The van der Waals surface area contributed by atoms with Gasteiger partial charge in [0.25, 0.3) is 5.22 Å². The van der Waals surface area contributed by atoms with Crippen molar-refractivity contribution < 1.29 is 9.21 Å². The molecule has 0 spiro atoms. The quantitative estimate of drug-likeness (QED) is 0.712. The van der Waals surface area contributed by atoms with Crippen molar-refractivity contribution in [3.63, 3.8) is 0 Å². The molecule has 1 amide bonds. The summed E-state index contributed by atoms with van der Waals surface area (Å²) in [5, 5.41) is 11.5. The lowest BCUT2D eigenvalue weighted by atomic mass is 10.2. The van der Waals surface area contributed by atoms with Crippen molar-refractivity contribution in [2.75, 3.05) is 11.1 Å². The van der Waals surface area contributed by atoms with Crippen LogP contribution in [0.15, 0.2) is 58.4 Å². The molecule has 0 bridgehead atoms. The Bertz CT molecular complexity index is 810. The number of hydrogen-bond donors (Lipinski definition) is 1. The van der Waals surface area contributed by atoms with Crippen LogP contribution in [-0.2, 0) is 4.79 Å². The second-order valence-corrected chi connectivity index (χ2v) is 5.82. The average Bonchev–Trinajstić information content (AvgIpc) is 3.03. The SMILES string of the molecule is O=C(CSc1nnc(-c2cccc(Cl)c2)o1)Nc1ccncc1. The first kappa shape index (κ1) is 15.5. The lowest BCUT2D eigenvalue weighted by molar-refractivity contribution is -0.113. The molecule has 1 N–H and O–H groups in total. The number of nitrogens with zero attached hydrogens (tertiary/aromatic N) is 3. The molecule has 0 fully saturated rings. The first-order valence-corrected chi connectivity index (χ1v) is 7.99. The molecular formula is C15H11ClN4O2S. The Morgan fingerprint density at radius 2 is 2.04 bits per heavy atom. The number of pyridine rings is 1. The Hall–Kier alpha value is -2.38. The monoisotopic (exact) mass is 346 g/mol. The average molecular weight is 347 g/mol. The molecule has 0 aliphatic rings. The molecule has 1 aromatic carbocycles. The van der Waals surface area contributed by atoms with Crippen LogP contribution in [0.2, 0.25) is 5.02 Å². The van der Waals surface area contributed by atoms with Crippen LogP contribution in [0.3, 0.4) is 0 Å². The third-order valence-corrected chi connectivity index (χ3v) is 3.82. The molecule has 6 nitrogen and oxygen atoms in total. The Labute approximate surface area is 141 Å². The Balaban J connectivity index is 1.58. The van der Waals surface area contributed by atoms with Gasteiger partial charge in [-0.1, -0.05) is 29.4 Å². The maximum absolute atomic E-state index is 11.8. The van der Waals surface area contributed by atoms with Crippen LogP contribution >= 0.6 is 23.4 Å². The fourth-order valence-electron chi connectivity index (χ4n) is 1.77. The normalized spacial score (nSPS) is 10.5. The summed E-state index contributed by atoms with van der Waals surface area (Å²) in [6, 6.07) is 10.6. The summed E-state index contributed by atoms with van der Waals surface area (Å²) in [6.07, 6.45) is 3.22. The van der Waals surface area contributed by atoms with E-state index in [1.807, 2.05) is 6.07 Å². The van der Waals surface area contributed by atoms with Gasteiger partial charge in [0, 0.05) is 28.7 Å². The van der Waals surface area contributed by atoms with Gasteiger partial charge in [-0.3, -0.25) is 9.78 Å². The smallest absolute Gasteiger partial charge is 0.277 e. The number of carbonyl (C=O) groups excluding carboxylic acids is 1. The van der Waals surface area contributed by atoms with E-state index in [2.05, 4.69) is 20.5 Å². The third-order valence-electron chi connectivity index (χ3n) is 2.77. The third kappa shape index (κ3) is 4.30. The highest BCUT2D eigenvalue weighted by atomic mass is 35.5. The molecule has 8 heteroatoms. The van der Waals surface area contributed by atoms with Crippen LogP contribution in [0.25, 0.3) is 11.5 Å². The van der Waals surface area contributed by atoms with Crippen LogP contribution < -0.4 is 5.32 Å². The number of amides is 1. The van der Waals surface area contributed by atoms with E-state index in [0.717, 1.165) is 5.56 Å². The van der Waals surface area contributed by atoms with Crippen molar-refractivity contribution in [2.24, 2.45) is 0 Å². The minimum absolute atomic E-state index is 0.163. The van der Waals surface area contributed by atoms with Crippen molar-refractivity contribution in [3.05, 3.63) is 53.8 Å². The molecule has 3 rings (SSSR count). The zero-order valence-corrected chi connectivity index (χ0v) is 13.3. The maximum Gasteiger partial charge on any atom is 0.277 e. The summed E-state index contributed by atoms with van der Waals surface area (Å²) >= 11 is 7.10. The number of anilines is 1. The minimum Gasteiger partial charge on any atom is -0.411 e. The van der Waals surface area contributed by atoms with E-state index in [1.165, 1.54) is 11.8 Å². The molecule has 23 heavy (non-hydrogen) atoms. The van der Waals surface area contributed by atoms with E-state index in [-0.39, 0.29) is 11.7 Å². The standard InChI is InChI=1S/C15H11ClN4O2S/c16-11-3-1-2-10(8-11)14-19-20-15(22-14)23-9-13(21)18-12-4-6-17-7-5-12/h1-8H,9H2,(H,17,18,21). The molecule has 0 saturated carbocycles. The van der Waals surface area contributed by atoms with Gasteiger partial charge < -0.3 is 9.73 Å². The molecule has 116 valence electrons. The lowest BCUT2D eigenvalue weighted by Crippen LogP contribution is -2.13. The number of halogens is 1. The molecule has 0 saturated heterocycles. The molecule has 2 heterocycles. The Morgan fingerprint density at radius 1 is 1.22 bits per heavy atom. The molecular weight excluding hydrogens is 336 g/mol. The lowest BCUT2D eigenvalue weighted by Gasteiger charge is -2.02. The van der Waals surface area contributed by atoms with E-state index in [9.17, 15) is 4.79 Å². The first-order chi connectivity index (χ1) is 11.2. The summed E-state index contributed by atoms with van der Waals surface area (Å²) in [6.45, 7) is 0. The molecule has 0 unspecified atom stereocenters. The second-order valence-electron chi connectivity index (χ2n) is 4.46. The highest BCUT2D eigenvalue weighted by molar-refractivity contribution is 7.99. The van der Waals surface area contributed by atoms with Crippen molar-refractivity contribution in [2.45, 2.75) is 5.22 Å². The number of thioether (sulfide) groups is 1. The van der Waals surface area contributed by atoms with E-state index < -0.39 is 0 Å². The second kappa shape index (κ2) is 7.26. The fraction of sp³-hybridized carbons (Fsp3) is 0.0667. The van der Waals surface area contributed by atoms with E-state index in [4.69, 9.17) is 16.0 Å². The predicted octanol–water partition coefficient (Wildman–Crippen LogP) is 3.52. The largest absolute Gasteiger partial charge is 0.411 e. The van der Waals surface area contributed by atoms with Gasteiger partial charge in [-0.2, -0.15) is 0 Å². The van der Waals surface area contributed by atoms with Gasteiger partial charge in [0.1, 0.15) is 0 Å². The van der Waals surface area contributed by atoms with Gasteiger partial charge in [0.2, 0.25) is 11.8 Å². The highest BCUT2D eigenvalue weighted by Crippen LogP contribution is 2.25. The summed E-state index contributed by atoms with van der Waals surface area (Å²) in [5.74, 6) is 0.368. The van der Waals surface area contributed by atoms with Crippen LogP contribution in [0.5, 0.6) is 0 Å². The fourth-order valence-corrected chi connectivity index (χ4v) is 2.52. The summed E-state index contributed by atoms with van der Waals surface area (Å²) in [5.41, 5.74) is 1.42. The molecule has 0 aliphatic heterocycles. The highest BCUT2D eigenvalue weighted by Gasteiger charge is 2.11. The molecule has 2 aromatic heterocycles. The summed E-state index contributed by atoms with van der Waals surface area (Å²) < 4.78 is 5.52. The van der Waals surface area contributed by atoms with Crippen LogP contribution in [0.4, 0.5) is 5.69 Å². The molecule has 0 atom stereocenters. The topological polar surface area (TPSA) is 80.9 Å². The number of aromatic nitrogens is 3. The van der Waals surface area contributed by atoms with Crippen molar-refractivity contribution in [1.82, 2.24) is 15.2 Å². The molecule has 0 aliphatic carbocycles. The zero-order chi connectivity index (χ0) is 16.1. The Kier molecular flexibility index (Phi) is 4.89. The number of nitrogens with one attached hydrogen (secondary N) is 1. The van der Waals surface area contributed by atoms with Gasteiger partial charge in [-0.25, -0.2) is 0 Å². The van der Waals surface area contributed by atoms with Gasteiger partial charge in [-0.15, -0.1) is 10.2 Å². The summed E-state index contributed by atoms with van der Waals surface area (Å²) in [7, 11) is 0. The molecule has 0 radical (unpaired) electrons. The van der Waals surface area contributed by atoms with Crippen molar-refractivity contribution in [3.8, 4) is 11.5 Å². The van der Waals surface area contributed by atoms with Crippen LogP contribution in [0, 0.1) is 0 Å².